The zero-order valence-electron chi connectivity index (χ0n) is 16.7. The summed E-state index contributed by atoms with van der Waals surface area (Å²) in [5, 5.41) is 0. The highest BCUT2D eigenvalue weighted by Crippen LogP contribution is 2.20. The maximum atomic E-state index is 12.0. The van der Waals surface area contributed by atoms with Gasteiger partial charge in [-0.1, -0.05) is 24.0 Å². The molecule has 0 bridgehead atoms. The van der Waals surface area contributed by atoms with E-state index in [-0.39, 0.29) is 17.5 Å². The number of amides is 2. The molecule has 0 radical (unpaired) electrons. The number of nitrogens with zero attached hydrogens (tertiary/aromatic N) is 5. The van der Waals surface area contributed by atoms with Crippen LogP contribution in [-0.4, -0.2) is 49.8 Å². The molecule has 2 amide bonds. The van der Waals surface area contributed by atoms with Crippen LogP contribution in [0.25, 0.3) is 17.2 Å². The number of benzene rings is 1. The first-order valence-corrected chi connectivity index (χ1v) is 9.48. The number of aryl methyl sites for hydroxylation is 1. The molecule has 2 aromatic heterocycles. The van der Waals surface area contributed by atoms with Gasteiger partial charge in [0.15, 0.2) is 5.82 Å². The predicted octanol–water partition coefficient (Wildman–Crippen LogP) is 1.57. The molecule has 1 atom stereocenters. The Balaban J connectivity index is 1.72. The first-order valence-electron chi connectivity index (χ1n) is 9.48. The van der Waals surface area contributed by atoms with Gasteiger partial charge in [0.2, 0.25) is 5.91 Å². The summed E-state index contributed by atoms with van der Waals surface area (Å²) in [6.45, 7) is 2.56. The molecule has 2 N–H and O–H groups in total. The SMILES string of the molecule is Cc1nccn1-c1cc(C(N)=O)nc(-c2cccc(C#CC3CCN(C)C3=O)c2)n1. The topological polar surface area (TPSA) is 107 Å². The normalized spacial score (nSPS) is 15.7. The summed E-state index contributed by atoms with van der Waals surface area (Å²) < 4.78 is 1.75. The number of hydrogen-bond acceptors (Lipinski definition) is 5. The molecule has 4 rings (SSSR count). The van der Waals surface area contributed by atoms with E-state index in [1.54, 1.807) is 28.9 Å². The van der Waals surface area contributed by atoms with Gasteiger partial charge in [0, 0.05) is 43.2 Å². The Hall–Kier alpha value is -3.99. The van der Waals surface area contributed by atoms with E-state index in [0.717, 1.165) is 24.4 Å². The molecule has 8 heteroatoms. The van der Waals surface area contributed by atoms with Crippen molar-refractivity contribution in [1.29, 1.82) is 0 Å². The van der Waals surface area contributed by atoms with Crippen LogP contribution < -0.4 is 5.73 Å². The molecule has 0 saturated carbocycles. The lowest BCUT2D eigenvalue weighted by Crippen LogP contribution is -2.21. The summed E-state index contributed by atoms with van der Waals surface area (Å²) >= 11 is 0. The summed E-state index contributed by atoms with van der Waals surface area (Å²) in [5.41, 5.74) is 7.02. The standard InChI is InChI=1S/C22H20N6O2/c1-14-24-9-11-28(14)19-13-18(20(23)29)25-21(26-19)17-5-3-4-15(12-17)6-7-16-8-10-27(2)22(16)30/h3-5,9,11-13,16H,8,10H2,1-2H3,(H2,23,29). The van der Waals surface area contributed by atoms with Gasteiger partial charge in [-0.3, -0.25) is 14.2 Å². The van der Waals surface area contributed by atoms with E-state index >= 15 is 0 Å². The minimum Gasteiger partial charge on any atom is -0.364 e. The molecule has 1 unspecified atom stereocenters. The number of hydrogen-bond donors (Lipinski definition) is 1. The maximum Gasteiger partial charge on any atom is 0.267 e. The third-order valence-electron chi connectivity index (χ3n) is 4.98. The highest BCUT2D eigenvalue weighted by atomic mass is 16.2. The Morgan fingerprint density at radius 3 is 2.77 bits per heavy atom. The molecule has 0 spiro atoms. The van der Waals surface area contributed by atoms with Gasteiger partial charge in [-0.25, -0.2) is 15.0 Å². The van der Waals surface area contributed by atoms with E-state index in [4.69, 9.17) is 5.73 Å². The smallest absolute Gasteiger partial charge is 0.267 e. The predicted molar refractivity (Wildman–Crippen MR) is 110 cm³/mol. The number of likely N-dealkylation sites (tertiary alicyclic amines) is 1. The lowest BCUT2D eigenvalue weighted by molar-refractivity contribution is -0.128. The van der Waals surface area contributed by atoms with Crippen LogP contribution in [0, 0.1) is 24.7 Å². The van der Waals surface area contributed by atoms with E-state index in [9.17, 15) is 9.59 Å². The summed E-state index contributed by atoms with van der Waals surface area (Å²) in [6.07, 6.45) is 4.14. The zero-order chi connectivity index (χ0) is 21.3. The van der Waals surface area contributed by atoms with Gasteiger partial charge in [0.05, 0.1) is 0 Å². The second kappa shape index (κ2) is 7.79. The molecule has 1 aliphatic rings. The summed E-state index contributed by atoms with van der Waals surface area (Å²) in [7, 11) is 1.78. The Labute approximate surface area is 173 Å². The minimum atomic E-state index is -0.641. The first kappa shape index (κ1) is 19.3. The average molecular weight is 400 g/mol. The van der Waals surface area contributed by atoms with Crippen LogP contribution in [0.15, 0.2) is 42.7 Å². The molecular weight excluding hydrogens is 380 g/mol. The first-order chi connectivity index (χ1) is 14.4. The van der Waals surface area contributed by atoms with Gasteiger partial charge in [-0.15, -0.1) is 0 Å². The van der Waals surface area contributed by atoms with Crippen LogP contribution in [0.3, 0.4) is 0 Å². The monoisotopic (exact) mass is 400 g/mol. The Kier molecular flexibility index (Phi) is 5.02. The van der Waals surface area contributed by atoms with E-state index in [2.05, 4.69) is 26.8 Å². The van der Waals surface area contributed by atoms with E-state index in [1.807, 2.05) is 31.2 Å². The number of carbonyl (C=O) groups is 2. The largest absolute Gasteiger partial charge is 0.364 e. The molecule has 1 fully saturated rings. The number of primary amides is 1. The molecule has 150 valence electrons. The van der Waals surface area contributed by atoms with Crippen LogP contribution in [0.4, 0.5) is 0 Å². The number of nitrogens with two attached hydrogens (primary N) is 1. The second-order valence-corrected chi connectivity index (χ2v) is 7.09. The fourth-order valence-electron chi connectivity index (χ4n) is 3.30. The van der Waals surface area contributed by atoms with Crippen molar-refractivity contribution in [2.24, 2.45) is 11.7 Å². The number of carbonyl (C=O) groups excluding carboxylic acids is 2. The summed E-state index contributed by atoms with van der Waals surface area (Å²) in [4.78, 5) is 38.6. The Bertz CT molecular complexity index is 1200. The van der Waals surface area contributed by atoms with Gasteiger partial charge >= 0.3 is 0 Å². The van der Waals surface area contributed by atoms with Crippen LogP contribution >= 0.6 is 0 Å². The summed E-state index contributed by atoms with van der Waals surface area (Å²) in [6, 6.07) is 8.90. The van der Waals surface area contributed by atoms with Crippen molar-refractivity contribution in [2.45, 2.75) is 13.3 Å². The van der Waals surface area contributed by atoms with Gasteiger partial charge in [-0.2, -0.15) is 0 Å². The Morgan fingerprint density at radius 1 is 1.27 bits per heavy atom. The van der Waals surface area contributed by atoms with E-state index in [0.29, 0.717) is 17.2 Å². The fourth-order valence-corrected chi connectivity index (χ4v) is 3.30. The van der Waals surface area contributed by atoms with Crippen molar-refractivity contribution in [1.82, 2.24) is 24.4 Å². The van der Waals surface area contributed by atoms with Crippen molar-refractivity contribution in [3.8, 4) is 29.0 Å². The van der Waals surface area contributed by atoms with Crippen LogP contribution in [0.2, 0.25) is 0 Å². The van der Waals surface area contributed by atoms with Gasteiger partial charge in [0.25, 0.3) is 5.91 Å². The number of rotatable bonds is 3. The zero-order valence-corrected chi connectivity index (χ0v) is 16.7. The summed E-state index contributed by atoms with van der Waals surface area (Å²) in [5.74, 6) is 6.85. The van der Waals surface area contributed by atoms with Crippen LogP contribution in [0.5, 0.6) is 0 Å². The van der Waals surface area contributed by atoms with Crippen molar-refractivity contribution in [3.05, 3.63) is 59.8 Å². The van der Waals surface area contributed by atoms with Gasteiger partial charge < -0.3 is 10.6 Å². The molecule has 30 heavy (non-hydrogen) atoms. The molecule has 0 aliphatic carbocycles. The molecule has 3 aromatic rings. The second-order valence-electron chi connectivity index (χ2n) is 7.09. The highest BCUT2D eigenvalue weighted by molar-refractivity contribution is 5.91. The molecule has 8 nitrogen and oxygen atoms in total. The molecule has 3 heterocycles. The fraction of sp³-hybridized carbons (Fsp3) is 0.227. The van der Waals surface area contributed by atoms with Crippen LogP contribution in [-0.2, 0) is 4.79 Å². The van der Waals surface area contributed by atoms with Crippen molar-refractivity contribution in [3.63, 3.8) is 0 Å². The lowest BCUT2D eigenvalue weighted by atomic mass is 10.1. The molecule has 1 aliphatic heterocycles. The number of imidazole rings is 1. The quantitative estimate of drug-likeness (QED) is 0.672. The minimum absolute atomic E-state index is 0.0523. The van der Waals surface area contributed by atoms with Crippen LogP contribution in [0.1, 0.15) is 28.3 Å². The number of aromatic nitrogens is 4. The van der Waals surface area contributed by atoms with Crippen molar-refractivity contribution in [2.75, 3.05) is 13.6 Å². The molecular formula is C22H20N6O2. The third-order valence-corrected chi connectivity index (χ3v) is 4.98. The van der Waals surface area contributed by atoms with Crippen molar-refractivity contribution < 1.29 is 9.59 Å². The maximum absolute atomic E-state index is 12.0. The van der Waals surface area contributed by atoms with E-state index in [1.165, 1.54) is 6.07 Å². The molecule has 1 aromatic carbocycles. The third kappa shape index (κ3) is 3.78. The molecule has 1 saturated heterocycles. The van der Waals surface area contributed by atoms with E-state index < -0.39 is 5.91 Å². The highest BCUT2D eigenvalue weighted by Gasteiger charge is 2.27. The Morgan fingerprint density at radius 2 is 2.10 bits per heavy atom. The van der Waals surface area contributed by atoms with Crippen molar-refractivity contribution >= 4 is 11.8 Å². The average Bonchev–Trinajstić information content (AvgIpc) is 3.32. The van der Waals surface area contributed by atoms with Gasteiger partial charge in [0.1, 0.15) is 23.3 Å². The van der Waals surface area contributed by atoms with Gasteiger partial charge in [-0.05, 0) is 25.5 Å². The lowest BCUT2D eigenvalue weighted by Gasteiger charge is -2.09.